The third kappa shape index (κ3) is 8.98. The second-order valence-electron chi connectivity index (χ2n) is 5.46. The lowest BCUT2D eigenvalue weighted by atomic mass is 10.0. The number of anilines is 1. The van der Waals surface area contributed by atoms with E-state index in [2.05, 4.69) is 11.8 Å². The maximum absolute atomic E-state index is 10.8. The largest absolute Gasteiger partial charge is 0.494 e. The second kappa shape index (κ2) is 13.8. The average molecular weight is 373 g/mol. The third-order valence-corrected chi connectivity index (χ3v) is 3.64. The van der Waals surface area contributed by atoms with Crippen LogP contribution in [0.5, 0.6) is 5.75 Å². The van der Waals surface area contributed by atoms with Gasteiger partial charge in [0.05, 0.1) is 13.0 Å². The number of hydrogen-bond acceptors (Lipinski definition) is 4. The molecule has 0 unspecified atom stereocenters. The zero-order chi connectivity index (χ0) is 19.2. The minimum Gasteiger partial charge on any atom is -0.494 e. The minimum absolute atomic E-state index is 0.0594. The molecule has 0 aromatic heterocycles. The summed E-state index contributed by atoms with van der Waals surface area (Å²) >= 11 is 5.89. The number of nitrogens with two attached hydrogens (primary N) is 1. The molecule has 1 aromatic carbocycles. The molecule has 0 saturated heterocycles. The number of rotatable bonds is 11. The smallest absolute Gasteiger partial charge is 0.304 e. The first-order chi connectivity index (χ1) is 12.0. The van der Waals surface area contributed by atoms with Gasteiger partial charge in [-0.2, -0.15) is 0 Å². The highest BCUT2D eigenvalue weighted by Gasteiger charge is 2.15. The number of alkyl halides is 1. The van der Waals surface area contributed by atoms with Crippen LogP contribution in [0.2, 0.25) is 0 Å². The van der Waals surface area contributed by atoms with Crippen LogP contribution in [0.4, 0.5) is 5.69 Å². The number of carboxylic acids is 1. The molecule has 144 valence electrons. The number of ether oxygens (including phenoxy) is 1. The Morgan fingerprint density at radius 1 is 1.32 bits per heavy atom. The maximum Gasteiger partial charge on any atom is 0.304 e. The van der Waals surface area contributed by atoms with Crippen LogP contribution in [0, 0.1) is 0 Å². The standard InChI is InChI=1S/C17H27ClN2O3.C2H6/c1-3-8-20(9-7-18)15-5-6-16(23-4-2)13(11-15)10-14(19)12-17(21)22;1-2/h5-6,11,14H,3-4,7-10,12,19H2,1-2H3,(H,21,22);1-2H3/t14-;/m0./s1. The van der Waals surface area contributed by atoms with Crippen LogP contribution in [-0.4, -0.2) is 42.7 Å². The molecule has 0 saturated carbocycles. The van der Waals surface area contributed by atoms with Gasteiger partial charge in [0.2, 0.25) is 0 Å². The maximum atomic E-state index is 10.8. The highest BCUT2D eigenvalue weighted by atomic mass is 35.5. The number of aliphatic carboxylic acids is 1. The van der Waals surface area contributed by atoms with Gasteiger partial charge in [-0.15, -0.1) is 11.6 Å². The van der Waals surface area contributed by atoms with Crippen LogP contribution in [0.3, 0.4) is 0 Å². The first-order valence-electron chi connectivity index (χ1n) is 9.05. The minimum atomic E-state index is -0.888. The molecule has 0 aliphatic carbocycles. The zero-order valence-corrected chi connectivity index (χ0v) is 16.7. The van der Waals surface area contributed by atoms with E-state index in [4.69, 9.17) is 27.2 Å². The molecule has 0 aliphatic heterocycles. The van der Waals surface area contributed by atoms with Crippen molar-refractivity contribution in [3.8, 4) is 5.75 Å². The van der Waals surface area contributed by atoms with Crippen LogP contribution in [0.25, 0.3) is 0 Å². The molecule has 0 amide bonds. The summed E-state index contributed by atoms with van der Waals surface area (Å²) in [4.78, 5) is 13.0. The van der Waals surface area contributed by atoms with E-state index in [1.54, 1.807) is 0 Å². The first-order valence-corrected chi connectivity index (χ1v) is 9.59. The Morgan fingerprint density at radius 2 is 2.00 bits per heavy atom. The molecule has 25 heavy (non-hydrogen) atoms. The monoisotopic (exact) mass is 372 g/mol. The van der Waals surface area contributed by atoms with E-state index in [1.807, 2.05) is 39.0 Å². The molecule has 1 rings (SSSR count). The lowest BCUT2D eigenvalue weighted by Gasteiger charge is -2.25. The van der Waals surface area contributed by atoms with Gasteiger partial charge in [0, 0.05) is 30.7 Å². The molecule has 0 radical (unpaired) electrons. The van der Waals surface area contributed by atoms with E-state index >= 15 is 0 Å². The third-order valence-electron chi connectivity index (χ3n) is 3.48. The van der Waals surface area contributed by atoms with E-state index in [0.29, 0.717) is 18.9 Å². The average Bonchev–Trinajstić information content (AvgIpc) is 2.57. The molecule has 0 spiro atoms. The molecule has 3 N–H and O–H groups in total. The van der Waals surface area contributed by atoms with Crippen LogP contribution in [-0.2, 0) is 11.2 Å². The van der Waals surface area contributed by atoms with Crippen molar-refractivity contribution in [3.63, 3.8) is 0 Å². The summed E-state index contributed by atoms with van der Waals surface area (Å²) in [5.41, 5.74) is 7.95. The molecule has 1 atom stereocenters. The summed E-state index contributed by atoms with van der Waals surface area (Å²) in [6.07, 6.45) is 1.43. The van der Waals surface area contributed by atoms with Gasteiger partial charge in [0.15, 0.2) is 0 Å². The van der Waals surface area contributed by atoms with Crippen molar-refractivity contribution in [1.29, 1.82) is 0 Å². The van der Waals surface area contributed by atoms with Gasteiger partial charge in [-0.3, -0.25) is 4.79 Å². The number of carbonyl (C=O) groups is 1. The molecule has 5 nitrogen and oxygen atoms in total. The predicted molar refractivity (Wildman–Crippen MR) is 106 cm³/mol. The van der Waals surface area contributed by atoms with Crippen molar-refractivity contribution in [3.05, 3.63) is 23.8 Å². The SMILES string of the molecule is CC.CCCN(CCCl)c1ccc(OCC)c(C[C@H](N)CC(=O)O)c1. The van der Waals surface area contributed by atoms with Crippen molar-refractivity contribution in [2.45, 2.75) is 53.0 Å². The Hall–Kier alpha value is -1.46. The summed E-state index contributed by atoms with van der Waals surface area (Å²) in [7, 11) is 0. The highest BCUT2D eigenvalue weighted by Crippen LogP contribution is 2.27. The second-order valence-corrected chi connectivity index (χ2v) is 5.84. The van der Waals surface area contributed by atoms with Crippen LogP contribution in [0.15, 0.2) is 18.2 Å². The van der Waals surface area contributed by atoms with Crippen molar-refractivity contribution in [1.82, 2.24) is 0 Å². The van der Waals surface area contributed by atoms with Crippen molar-refractivity contribution in [2.75, 3.05) is 30.5 Å². The molecular formula is C19H33ClN2O3. The van der Waals surface area contributed by atoms with E-state index in [-0.39, 0.29) is 6.42 Å². The van der Waals surface area contributed by atoms with Crippen LogP contribution in [0.1, 0.15) is 46.1 Å². The Bertz CT molecular complexity index is 492. The van der Waals surface area contributed by atoms with Gasteiger partial charge in [0.1, 0.15) is 5.75 Å². The lowest BCUT2D eigenvalue weighted by molar-refractivity contribution is -0.137. The summed E-state index contributed by atoms with van der Waals surface area (Å²) in [6.45, 7) is 10.3. The quantitative estimate of drug-likeness (QED) is 0.576. The van der Waals surface area contributed by atoms with E-state index in [9.17, 15) is 4.79 Å². The molecule has 0 aliphatic rings. The van der Waals surface area contributed by atoms with E-state index in [1.165, 1.54) is 0 Å². The fourth-order valence-electron chi connectivity index (χ4n) is 2.54. The molecule has 0 fully saturated rings. The Morgan fingerprint density at radius 3 is 2.52 bits per heavy atom. The van der Waals surface area contributed by atoms with Crippen molar-refractivity contribution >= 4 is 23.3 Å². The summed E-state index contributed by atoms with van der Waals surface area (Å²) < 4.78 is 5.65. The zero-order valence-electron chi connectivity index (χ0n) is 15.9. The van der Waals surface area contributed by atoms with E-state index in [0.717, 1.165) is 36.5 Å². The fourth-order valence-corrected chi connectivity index (χ4v) is 2.74. The van der Waals surface area contributed by atoms with Gasteiger partial charge in [0.25, 0.3) is 0 Å². The number of benzene rings is 1. The summed E-state index contributed by atoms with van der Waals surface area (Å²) in [6, 6.07) is 5.54. The topological polar surface area (TPSA) is 75.8 Å². The first kappa shape index (κ1) is 23.5. The number of nitrogens with zero attached hydrogens (tertiary/aromatic N) is 1. The van der Waals surface area contributed by atoms with Crippen molar-refractivity contribution < 1.29 is 14.6 Å². The fraction of sp³-hybridized carbons (Fsp3) is 0.632. The predicted octanol–water partition coefficient (Wildman–Crippen LogP) is 3.91. The lowest BCUT2D eigenvalue weighted by Crippen LogP contribution is -2.28. The molecule has 6 heteroatoms. The van der Waals surface area contributed by atoms with Crippen molar-refractivity contribution in [2.24, 2.45) is 5.73 Å². The van der Waals surface area contributed by atoms with Crippen LogP contribution < -0.4 is 15.4 Å². The van der Waals surface area contributed by atoms with E-state index < -0.39 is 12.0 Å². The summed E-state index contributed by atoms with van der Waals surface area (Å²) in [5.74, 6) is 0.432. The Kier molecular flexibility index (Phi) is 13.0. The normalized spacial score (nSPS) is 11.3. The van der Waals surface area contributed by atoms with Gasteiger partial charge in [-0.1, -0.05) is 20.8 Å². The van der Waals surface area contributed by atoms with Gasteiger partial charge in [-0.05, 0) is 43.5 Å². The van der Waals surface area contributed by atoms with Gasteiger partial charge < -0.3 is 20.5 Å². The Labute approximate surface area is 157 Å². The molecule has 1 aromatic rings. The molecule has 0 heterocycles. The summed E-state index contributed by atoms with van der Waals surface area (Å²) in [5, 5.41) is 8.88. The highest BCUT2D eigenvalue weighted by molar-refractivity contribution is 6.18. The number of halogens is 1. The number of hydrogen-bond donors (Lipinski definition) is 2. The van der Waals surface area contributed by atoms with Gasteiger partial charge in [-0.25, -0.2) is 0 Å². The molecule has 0 bridgehead atoms. The van der Waals surface area contributed by atoms with Gasteiger partial charge >= 0.3 is 5.97 Å². The van der Waals surface area contributed by atoms with Crippen LogP contribution >= 0.6 is 11.6 Å². The number of carboxylic acid groups (broad SMARTS) is 1. The molecular weight excluding hydrogens is 340 g/mol. The Balaban J connectivity index is 0.00000277.